The molecule has 6 rings (SSSR count). The number of rotatable bonds is 4. The van der Waals surface area contributed by atoms with Crippen LogP contribution in [0.25, 0.3) is 11.0 Å². The minimum Gasteiger partial charge on any atom is -0.485 e. The lowest BCUT2D eigenvalue weighted by molar-refractivity contribution is -0.131. The summed E-state index contributed by atoms with van der Waals surface area (Å²) < 4.78 is 17.4. The lowest BCUT2D eigenvalue weighted by Crippen LogP contribution is -2.63. The van der Waals surface area contributed by atoms with Crippen LogP contribution in [0.5, 0.6) is 11.5 Å². The molecule has 1 aromatic heterocycles. The summed E-state index contributed by atoms with van der Waals surface area (Å²) in [5.74, 6) is 0.997. The molecule has 1 fully saturated rings. The van der Waals surface area contributed by atoms with E-state index in [0.29, 0.717) is 18.0 Å². The zero-order chi connectivity index (χ0) is 21.1. The van der Waals surface area contributed by atoms with Crippen molar-refractivity contribution in [1.29, 1.82) is 0 Å². The van der Waals surface area contributed by atoms with Gasteiger partial charge in [-0.05, 0) is 43.0 Å². The molecular formula is C25H25NO5. The molecule has 2 N–H and O–H groups in total. The molecule has 6 heteroatoms. The Labute approximate surface area is 180 Å². The maximum absolute atomic E-state index is 13.0. The van der Waals surface area contributed by atoms with Crippen molar-refractivity contribution in [2.75, 3.05) is 13.2 Å². The van der Waals surface area contributed by atoms with Gasteiger partial charge >= 0.3 is 0 Å². The average Bonchev–Trinajstić information content (AvgIpc) is 3.42. The second kappa shape index (κ2) is 6.76. The standard InChI is InChI=1S/C25H25NO5/c27-23(20-14-30-18-5-1-2-6-19(18)31-20)26-15-24(25(28)10-3-4-11-25)13-17-8-7-16-9-12-29-22(16)21(17)24/h1-2,5-9,12,20,28H,3-4,10-11,13-15H2,(H,26,27)/t20-,24?/m1/s1. The Morgan fingerprint density at radius 3 is 2.74 bits per heavy atom. The third-order valence-corrected chi connectivity index (χ3v) is 7.37. The Kier molecular flexibility index (Phi) is 4.09. The van der Waals surface area contributed by atoms with Crippen molar-refractivity contribution in [3.63, 3.8) is 0 Å². The Bertz CT molecular complexity index is 1160. The number of aliphatic hydroxyl groups is 1. The molecule has 0 spiro atoms. The van der Waals surface area contributed by atoms with E-state index >= 15 is 0 Å². The third kappa shape index (κ3) is 2.71. The largest absolute Gasteiger partial charge is 0.485 e. The average molecular weight is 419 g/mol. The fourth-order valence-corrected chi connectivity index (χ4v) is 5.70. The van der Waals surface area contributed by atoms with Gasteiger partial charge in [-0.2, -0.15) is 0 Å². The van der Waals surface area contributed by atoms with Crippen LogP contribution >= 0.6 is 0 Å². The van der Waals surface area contributed by atoms with Crippen LogP contribution in [-0.2, 0) is 16.6 Å². The summed E-state index contributed by atoms with van der Waals surface area (Å²) in [4.78, 5) is 13.0. The van der Waals surface area contributed by atoms with Crippen LogP contribution in [0.15, 0.2) is 53.1 Å². The predicted molar refractivity (Wildman–Crippen MR) is 114 cm³/mol. The summed E-state index contributed by atoms with van der Waals surface area (Å²) in [7, 11) is 0. The predicted octanol–water partition coefficient (Wildman–Crippen LogP) is 3.49. The van der Waals surface area contributed by atoms with Crippen LogP contribution in [0.2, 0.25) is 0 Å². The quantitative estimate of drug-likeness (QED) is 0.677. The summed E-state index contributed by atoms with van der Waals surface area (Å²) in [6.07, 6.45) is 5.14. The fourth-order valence-electron chi connectivity index (χ4n) is 5.70. The number of benzene rings is 2. The Balaban J connectivity index is 1.29. The molecule has 0 saturated heterocycles. The minimum atomic E-state index is -0.856. The number of ether oxygens (including phenoxy) is 2. The maximum Gasteiger partial charge on any atom is 0.264 e. The van der Waals surface area contributed by atoms with E-state index in [1.807, 2.05) is 24.3 Å². The molecule has 3 aromatic rings. The molecule has 1 aliphatic heterocycles. The van der Waals surface area contributed by atoms with Crippen LogP contribution in [0.1, 0.15) is 36.8 Å². The second-order valence-corrected chi connectivity index (χ2v) is 9.02. The number of hydrogen-bond acceptors (Lipinski definition) is 5. The summed E-state index contributed by atoms with van der Waals surface area (Å²) >= 11 is 0. The molecule has 1 unspecified atom stereocenters. The van der Waals surface area contributed by atoms with Crippen molar-refractivity contribution in [2.45, 2.75) is 49.2 Å². The Morgan fingerprint density at radius 1 is 1.10 bits per heavy atom. The SMILES string of the molecule is O=C(NCC1(C2(O)CCCC2)Cc2ccc3ccoc3c21)[C@H]1COc2ccccc2O1. The molecule has 160 valence electrons. The number of carbonyl (C=O) groups is 1. The molecule has 3 aliphatic rings. The summed E-state index contributed by atoms with van der Waals surface area (Å²) in [5.41, 5.74) is 1.64. The highest BCUT2D eigenvalue weighted by Gasteiger charge is 2.59. The van der Waals surface area contributed by atoms with Crippen LogP contribution in [0.3, 0.4) is 0 Å². The monoisotopic (exact) mass is 419 g/mol. The topological polar surface area (TPSA) is 80.9 Å². The van der Waals surface area contributed by atoms with Gasteiger partial charge in [0.05, 0.1) is 11.9 Å². The smallest absolute Gasteiger partial charge is 0.264 e. The zero-order valence-electron chi connectivity index (χ0n) is 17.2. The van der Waals surface area contributed by atoms with Gasteiger partial charge in [0.1, 0.15) is 12.2 Å². The molecule has 0 radical (unpaired) electrons. The van der Waals surface area contributed by atoms with E-state index in [2.05, 4.69) is 17.4 Å². The van der Waals surface area contributed by atoms with Crippen molar-refractivity contribution in [3.8, 4) is 11.5 Å². The summed E-state index contributed by atoms with van der Waals surface area (Å²) in [6.45, 7) is 0.510. The minimum absolute atomic E-state index is 0.166. The molecule has 2 aliphatic carbocycles. The van der Waals surface area contributed by atoms with E-state index in [1.165, 1.54) is 5.56 Å². The van der Waals surface area contributed by atoms with Crippen molar-refractivity contribution < 1.29 is 23.8 Å². The second-order valence-electron chi connectivity index (χ2n) is 9.02. The molecular weight excluding hydrogens is 394 g/mol. The summed E-state index contributed by atoms with van der Waals surface area (Å²) in [6, 6.07) is 13.5. The number of nitrogens with one attached hydrogen (secondary N) is 1. The van der Waals surface area contributed by atoms with Crippen LogP contribution in [0.4, 0.5) is 0 Å². The van der Waals surface area contributed by atoms with Crippen molar-refractivity contribution >= 4 is 16.9 Å². The first-order valence-corrected chi connectivity index (χ1v) is 11.0. The van der Waals surface area contributed by atoms with Gasteiger partial charge in [0.2, 0.25) is 6.10 Å². The van der Waals surface area contributed by atoms with Crippen LogP contribution in [-0.4, -0.2) is 35.9 Å². The molecule has 2 heterocycles. The van der Waals surface area contributed by atoms with E-state index < -0.39 is 17.1 Å². The van der Waals surface area contributed by atoms with E-state index in [4.69, 9.17) is 13.9 Å². The number of furan rings is 1. The van der Waals surface area contributed by atoms with E-state index in [1.54, 1.807) is 12.3 Å². The normalized spacial score (nSPS) is 25.6. The molecule has 31 heavy (non-hydrogen) atoms. The van der Waals surface area contributed by atoms with Crippen molar-refractivity contribution in [1.82, 2.24) is 5.32 Å². The number of para-hydroxylation sites is 2. The van der Waals surface area contributed by atoms with Crippen molar-refractivity contribution in [2.24, 2.45) is 0 Å². The fraction of sp³-hybridized carbons (Fsp3) is 0.400. The van der Waals surface area contributed by atoms with Gasteiger partial charge in [-0.15, -0.1) is 0 Å². The number of hydrogen-bond donors (Lipinski definition) is 2. The lowest BCUT2D eigenvalue weighted by Gasteiger charge is -2.53. The highest BCUT2D eigenvalue weighted by Crippen LogP contribution is 2.56. The zero-order valence-corrected chi connectivity index (χ0v) is 17.2. The highest BCUT2D eigenvalue weighted by atomic mass is 16.6. The lowest BCUT2D eigenvalue weighted by atomic mass is 9.54. The van der Waals surface area contributed by atoms with Crippen LogP contribution < -0.4 is 14.8 Å². The number of carbonyl (C=O) groups excluding carboxylic acids is 1. The first kappa shape index (κ1) is 18.8. The Morgan fingerprint density at radius 2 is 1.90 bits per heavy atom. The first-order valence-electron chi connectivity index (χ1n) is 11.0. The van der Waals surface area contributed by atoms with E-state index in [0.717, 1.165) is 48.6 Å². The van der Waals surface area contributed by atoms with Gasteiger partial charge in [-0.1, -0.05) is 37.1 Å². The van der Waals surface area contributed by atoms with Gasteiger partial charge in [-0.25, -0.2) is 0 Å². The van der Waals surface area contributed by atoms with Crippen molar-refractivity contribution in [3.05, 3.63) is 59.9 Å². The van der Waals surface area contributed by atoms with E-state index in [9.17, 15) is 9.90 Å². The highest BCUT2D eigenvalue weighted by molar-refractivity contribution is 5.86. The van der Waals surface area contributed by atoms with E-state index in [-0.39, 0.29) is 12.5 Å². The number of amides is 1. The molecule has 2 aromatic carbocycles. The first-order chi connectivity index (χ1) is 15.1. The molecule has 1 amide bonds. The molecule has 1 saturated carbocycles. The molecule has 0 bridgehead atoms. The summed E-state index contributed by atoms with van der Waals surface area (Å²) in [5, 5.41) is 15.8. The third-order valence-electron chi connectivity index (χ3n) is 7.37. The van der Waals surface area contributed by atoms with Gasteiger partial charge in [0.15, 0.2) is 11.5 Å². The Hall–Kier alpha value is -2.99. The molecule has 2 atom stereocenters. The maximum atomic E-state index is 13.0. The van der Waals surface area contributed by atoms with Crippen LogP contribution in [0, 0.1) is 0 Å². The van der Waals surface area contributed by atoms with Gasteiger partial charge in [-0.3, -0.25) is 4.79 Å². The number of fused-ring (bicyclic) bond motifs is 4. The van der Waals surface area contributed by atoms with Gasteiger partial charge in [0, 0.05) is 22.9 Å². The molecule has 6 nitrogen and oxygen atoms in total. The van der Waals surface area contributed by atoms with Gasteiger partial charge < -0.3 is 24.3 Å². The van der Waals surface area contributed by atoms with Gasteiger partial charge in [0.25, 0.3) is 5.91 Å².